The van der Waals surface area contributed by atoms with Crippen molar-refractivity contribution in [3.63, 3.8) is 0 Å². The van der Waals surface area contributed by atoms with E-state index in [9.17, 15) is 16.8 Å². The molecule has 6 nitrogen and oxygen atoms in total. The Balaban J connectivity index is 0.00000200. The molecule has 0 aliphatic heterocycles. The van der Waals surface area contributed by atoms with Crippen LogP contribution in [0.4, 0.5) is 0 Å². The van der Waals surface area contributed by atoms with E-state index >= 15 is 0 Å². The van der Waals surface area contributed by atoms with Gasteiger partial charge in [0.15, 0.2) is 0 Å². The molecule has 0 spiro atoms. The van der Waals surface area contributed by atoms with Crippen molar-refractivity contribution in [3.8, 4) is 5.75 Å². The molecule has 2 aromatic carbocycles. The fourth-order valence-corrected chi connectivity index (χ4v) is 3.68. The molecule has 0 unspecified atom stereocenters. The fourth-order valence-electron chi connectivity index (χ4n) is 1.61. The monoisotopic (exact) mass is 326 g/mol. The molecule has 0 aromatic heterocycles. The van der Waals surface area contributed by atoms with Crippen LogP contribution >= 0.6 is 0 Å². The first-order valence-electron chi connectivity index (χ1n) is 5.12. The van der Waals surface area contributed by atoms with Gasteiger partial charge in [-0.1, -0.05) is 36.4 Å². The number of rotatable bonds is 4. The van der Waals surface area contributed by atoms with E-state index < -0.39 is 25.3 Å². The zero-order chi connectivity index (χ0) is 14.1. The molecular weight excluding hydrogens is 315 g/mol. The molecule has 104 valence electrons. The Morgan fingerprint density at radius 1 is 0.950 bits per heavy atom. The second-order valence-electron chi connectivity index (χ2n) is 3.82. The van der Waals surface area contributed by atoms with E-state index in [2.05, 4.69) is 0 Å². The van der Waals surface area contributed by atoms with Gasteiger partial charge in [0.25, 0.3) is 10.1 Å². The Labute approximate surface area is 138 Å². The quantitative estimate of drug-likeness (QED) is 0.506. The predicted molar refractivity (Wildman–Crippen MR) is 77.1 cm³/mol. The number of hydrogen-bond acceptors (Lipinski definition) is 5. The van der Waals surface area contributed by atoms with Gasteiger partial charge in [0, 0.05) is 5.39 Å². The van der Waals surface area contributed by atoms with Gasteiger partial charge >= 0.3 is 39.7 Å². The molecule has 0 fully saturated rings. The van der Waals surface area contributed by atoms with Crippen molar-refractivity contribution in [2.45, 2.75) is 0 Å². The Morgan fingerprint density at radius 2 is 1.55 bits per heavy atom. The van der Waals surface area contributed by atoms with E-state index in [1.54, 1.807) is 36.4 Å². The van der Waals surface area contributed by atoms with Crippen LogP contribution in [0.25, 0.3) is 10.8 Å². The van der Waals surface area contributed by atoms with Crippen LogP contribution in [0, 0.1) is 0 Å². The third-order valence-electron chi connectivity index (χ3n) is 2.26. The summed E-state index contributed by atoms with van der Waals surface area (Å²) < 4.78 is 57.5. The van der Waals surface area contributed by atoms with E-state index in [4.69, 9.17) is 8.74 Å². The third-order valence-corrected chi connectivity index (χ3v) is 5.04. The average molecular weight is 326 g/mol. The van der Waals surface area contributed by atoms with E-state index in [0.717, 1.165) is 5.39 Å². The SMILES string of the molecule is O=S(=O)(O)CS(=O)(=O)Oc1cccc2ccccc12.[NaH]. The van der Waals surface area contributed by atoms with Gasteiger partial charge in [0.05, 0.1) is 0 Å². The topological polar surface area (TPSA) is 97.7 Å². The van der Waals surface area contributed by atoms with Crippen molar-refractivity contribution in [3.05, 3.63) is 42.5 Å². The van der Waals surface area contributed by atoms with Crippen LogP contribution < -0.4 is 4.18 Å². The standard InChI is InChI=1S/C11H10O6S2.Na.H/c12-18(13,14)8-19(15,16)17-11-7-3-5-9-4-1-2-6-10(9)11;;/h1-7H,8H2,(H,12,13,14);;. The van der Waals surface area contributed by atoms with E-state index in [0.29, 0.717) is 5.39 Å². The molecule has 0 saturated carbocycles. The maximum absolute atomic E-state index is 11.5. The Morgan fingerprint density at radius 3 is 2.20 bits per heavy atom. The van der Waals surface area contributed by atoms with Crippen molar-refractivity contribution in [2.24, 2.45) is 0 Å². The Hall–Kier alpha value is -0.640. The fraction of sp³-hybridized carbons (Fsp3) is 0.0909. The molecule has 1 N–H and O–H groups in total. The molecule has 9 heteroatoms. The molecule has 0 radical (unpaired) electrons. The summed E-state index contributed by atoms with van der Waals surface area (Å²) in [5.41, 5.74) is 0. The van der Waals surface area contributed by atoms with Crippen molar-refractivity contribution in [1.29, 1.82) is 0 Å². The summed E-state index contributed by atoms with van der Waals surface area (Å²) in [6.45, 7) is 0. The number of fused-ring (bicyclic) bond motifs is 1. The van der Waals surface area contributed by atoms with Crippen molar-refractivity contribution < 1.29 is 25.6 Å². The third kappa shape index (κ3) is 4.72. The zero-order valence-electron chi connectivity index (χ0n) is 9.55. The Bertz CT molecular complexity index is 808. The first-order chi connectivity index (χ1) is 8.77. The van der Waals surface area contributed by atoms with Gasteiger partial charge in [-0.25, -0.2) is 0 Å². The maximum atomic E-state index is 11.5. The van der Waals surface area contributed by atoms with Crippen LogP contribution in [-0.2, 0) is 20.2 Å². The first-order valence-corrected chi connectivity index (χ1v) is 8.31. The Kier molecular flexibility index (Phi) is 5.59. The average Bonchev–Trinajstić information content (AvgIpc) is 2.25. The zero-order valence-corrected chi connectivity index (χ0v) is 11.2. The molecule has 0 saturated heterocycles. The van der Waals surface area contributed by atoms with Gasteiger partial charge in [-0.05, 0) is 11.5 Å². The molecule has 0 aliphatic rings. The molecular formula is C11H11NaO6S2. The first kappa shape index (κ1) is 17.4. The summed E-state index contributed by atoms with van der Waals surface area (Å²) in [5.74, 6) is 0.0155. The minimum absolute atomic E-state index is 0. The van der Waals surface area contributed by atoms with Crippen LogP contribution in [0.5, 0.6) is 5.75 Å². The van der Waals surface area contributed by atoms with Crippen LogP contribution in [0.1, 0.15) is 0 Å². The molecule has 0 aliphatic carbocycles. The van der Waals surface area contributed by atoms with Crippen LogP contribution in [0.3, 0.4) is 0 Å². The van der Waals surface area contributed by atoms with Crippen LogP contribution in [-0.4, -0.2) is 56.0 Å². The molecule has 0 atom stereocenters. The van der Waals surface area contributed by atoms with Gasteiger partial charge in [-0.15, -0.1) is 0 Å². The summed E-state index contributed by atoms with van der Waals surface area (Å²) in [7, 11) is -9.09. The van der Waals surface area contributed by atoms with E-state index in [1.165, 1.54) is 6.07 Å². The summed E-state index contributed by atoms with van der Waals surface area (Å²) in [6.07, 6.45) is 0. The molecule has 0 heterocycles. The summed E-state index contributed by atoms with van der Waals surface area (Å²) >= 11 is 0. The molecule has 2 rings (SSSR count). The minimum atomic E-state index is -4.67. The second-order valence-corrected chi connectivity index (χ2v) is 7.21. The van der Waals surface area contributed by atoms with Gasteiger partial charge in [0.1, 0.15) is 5.75 Å². The molecule has 20 heavy (non-hydrogen) atoms. The molecule has 0 amide bonds. The van der Waals surface area contributed by atoms with Crippen LogP contribution in [0.2, 0.25) is 0 Å². The van der Waals surface area contributed by atoms with Crippen molar-refractivity contribution >= 4 is 60.6 Å². The van der Waals surface area contributed by atoms with E-state index in [1.807, 2.05) is 0 Å². The number of hydrogen-bond donors (Lipinski definition) is 1. The van der Waals surface area contributed by atoms with Crippen LogP contribution in [0.15, 0.2) is 42.5 Å². The normalized spacial score (nSPS) is 11.8. The van der Waals surface area contributed by atoms with Crippen molar-refractivity contribution in [2.75, 3.05) is 5.08 Å². The summed E-state index contributed by atoms with van der Waals surface area (Å²) in [5, 5.41) is -0.200. The van der Waals surface area contributed by atoms with Gasteiger partial charge in [-0.2, -0.15) is 16.8 Å². The summed E-state index contributed by atoms with van der Waals surface area (Å²) in [6, 6.07) is 11.6. The second kappa shape index (κ2) is 6.42. The summed E-state index contributed by atoms with van der Waals surface area (Å²) in [4.78, 5) is 0. The van der Waals surface area contributed by atoms with Gasteiger partial charge in [0.2, 0.25) is 5.08 Å². The predicted octanol–water partition coefficient (Wildman–Crippen LogP) is 0.745. The van der Waals surface area contributed by atoms with Gasteiger partial charge in [-0.3, -0.25) is 4.55 Å². The molecule has 2 aromatic rings. The van der Waals surface area contributed by atoms with Crippen molar-refractivity contribution in [1.82, 2.24) is 0 Å². The number of benzene rings is 2. The van der Waals surface area contributed by atoms with Gasteiger partial charge < -0.3 is 4.18 Å². The van der Waals surface area contributed by atoms with E-state index in [-0.39, 0.29) is 35.3 Å². The molecule has 0 bridgehead atoms.